The highest BCUT2D eigenvalue weighted by molar-refractivity contribution is 7.98. The largest absolute Gasteiger partial charge is 0.481 e. The molecule has 8 heteroatoms. The Morgan fingerprint density at radius 2 is 1.92 bits per heavy atom. The molecule has 4 nitrogen and oxygen atoms in total. The molecule has 144 valence electrons. The Balaban J connectivity index is 2.09. The van der Waals surface area contributed by atoms with Crippen molar-refractivity contribution in [3.05, 3.63) is 29.8 Å². The zero-order chi connectivity index (χ0) is 19.3. The van der Waals surface area contributed by atoms with Gasteiger partial charge in [-0.1, -0.05) is 18.6 Å². The molecule has 1 aliphatic rings. The van der Waals surface area contributed by atoms with E-state index in [9.17, 15) is 22.8 Å². The van der Waals surface area contributed by atoms with Gasteiger partial charge in [-0.2, -0.15) is 13.2 Å². The summed E-state index contributed by atoms with van der Waals surface area (Å²) in [6.07, 6.45) is -2.17. The molecule has 0 aromatic heterocycles. The number of hydrogen-bond donors (Lipinski definition) is 2. The molecule has 0 bridgehead atoms. The van der Waals surface area contributed by atoms with E-state index in [0.29, 0.717) is 18.4 Å². The van der Waals surface area contributed by atoms with Gasteiger partial charge in [0.05, 0.1) is 18.4 Å². The molecule has 1 saturated carbocycles. The van der Waals surface area contributed by atoms with Gasteiger partial charge in [-0.3, -0.25) is 9.59 Å². The lowest BCUT2D eigenvalue weighted by molar-refractivity contribution is -0.186. The number of aliphatic carboxylic acids is 1. The van der Waals surface area contributed by atoms with E-state index >= 15 is 0 Å². The van der Waals surface area contributed by atoms with Gasteiger partial charge in [0.15, 0.2) is 0 Å². The van der Waals surface area contributed by atoms with Crippen molar-refractivity contribution in [1.29, 1.82) is 0 Å². The van der Waals surface area contributed by atoms with Crippen molar-refractivity contribution < 1.29 is 27.9 Å². The zero-order valence-electron chi connectivity index (χ0n) is 14.4. The fourth-order valence-electron chi connectivity index (χ4n) is 3.28. The third-order valence-corrected chi connectivity index (χ3v) is 5.46. The minimum atomic E-state index is -4.30. The minimum Gasteiger partial charge on any atom is -0.481 e. The number of amides is 1. The SMILES string of the molecule is CSc1ccc(C(CC(=O)O)NC(=O)C2CCCC(C(F)(F)F)C2)cc1. The second-order valence-corrected chi connectivity index (χ2v) is 7.41. The molecule has 1 amide bonds. The van der Waals surface area contributed by atoms with Crippen LogP contribution in [0.1, 0.15) is 43.7 Å². The number of hydrogen-bond acceptors (Lipinski definition) is 3. The van der Waals surface area contributed by atoms with Gasteiger partial charge in [0.25, 0.3) is 0 Å². The monoisotopic (exact) mass is 389 g/mol. The smallest absolute Gasteiger partial charge is 0.391 e. The number of rotatable bonds is 6. The van der Waals surface area contributed by atoms with E-state index in [1.54, 1.807) is 12.1 Å². The van der Waals surface area contributed by atoms with Crippen molar-refractivity contribution in [3.63, 3.8) is 0 Å². The van der Waals surface area contributed by atoms with Gasteiger partial charge in [0, 0.05) is 10.8 Å². The van der Waals surface area contributed by atoms with E-state index in [1.165, 1.54) is 11.8 Å². The van der Waals surface area contributed by atoms with E-state index in [1.807, 2.05) is 18.4 Å². The van der Waals surface area contributed by atoms with Crippen LogP contribution in [0.5, 0.6) is 0 Å². The van der Waals surface area contributed by atoms with Gasteiger partial charge >= 0.3 is 12.1 Å². The number of halogens is 3. The number of thioether (sulfide) groups is 1. The summed E-state index contributed by atoms with van der Waals surface area (Å²) in [4.78, 5) is 24.6. The zero-order valence-corrected chi connectivity index (χ0v) is 15.2. The highest BCUT2D eigenvalue weighted by atomic mass is 32.2. The number of carboxylic acids is 1. The van der Waals surface area contributed by atoms with Crippen molar-refractivity contribution in [2.45, 2.75) is 49.2 Å². The Morgan fingerprint density at radius 1 is 1.27 bits per heavy atom. The summed E-state index contributed by atoms with van der Waals surface area (Å²) in [5.74, 6) is -3.79. The van der Waals surface area contributed by atoms with Gasteiger partial charge in [0.2, 0.25) is 5.91 Å². The van der Waals surface area contributed by atoms with Crippen LogP contribution in [0, 0.1) is 11.8 Å². The van der Waals surface area contributed by atoms with Crippen molar-refractivity contribution in [3.8, 4) is 0 Å². The Bertz CT molecular complexity index is 634. The maximum Gasteiger partial charge on any atom is 0.391 e. The summed E-state index contributed by atoms with van der Waals surface area (Å²) in [5, 5.41) is 11.8. The molecule has 0 spiro atoms. The molecule has 3 atom stereocenters. The maximum atomic E-state index is 12.9. The lowest BCUT2D eigenvalue weighted by Gasteiger charge is -2.31. The third kappa shape index (κ3) is 5.65. The van der Waals surface area contributed by atoms with E-state index in [4.69, 9.17) is 5.11 Å². The normalized spacial score (nSPS) is 21.8. The predicted molar refractivity (Wildman–Crippen MR) is 92.9 cm³/mol. The Kier molecular flexibility index (Phi) is 6.97. The molecule has 1 aromatic rings. The van der Waals surface area contributed by atoms with Crippen LogP contribution in [-0.2, 0) is 9.59 Å². The molecule has 0 radical (unpaired) electrons. The average Bonchev–Trinajstić information content (AvgIpc) is 2.60. The predicted octanol–water partition coefficient (Wildman–Crippen LogP) is 4.41. The minimum absolute atomic E-state index is 0.0436. The highest BCUT2D eigenvalue weighted by Gasteiger charge is 2.43. The van der Waals surface area contributed by atoms with Gasteiger partial charge in [-0.05, 0) is 43.2 Å². The first kappa shape index (κ1) is 20.6. The van der Waals surface area contributed by atoms with Gasteiger partial charge in [-0.15, -0.1) is 11.8 Å². The molecule has 0 saturated heterocycles. The van der Waals surface area contributed by atoms with E-state index in [2.05, 4.69) is 5.32 Å². The number of benzene rings is 1. The Labute approximate surface area is 154 Å². The summed E-state index contributed by atoms with van der Waals surface area (Å²) in [6, 6.07) is 6.35. The Hall–Kier alpha value is -1.70. The summed E-state index contributed by atoms with van der Waals surface area (Å²) >= 11 is 1.53. The van der Waals surface area contributed by atoms with E-state index in [0.717, 1.165) is 4.90 Å². The van der Waals surface area contributed by atoms with Crippen molar-refractivity contribution >= 4 is 23.6 Å². The molecular weight excluding hydrogens is 367 g/mol. The standard InChI is InChI=1S/C18H22F3NO3S/c1-26-14-7-5-11(6-8-14)15(10-16(23)24)22-17(25)12-3-2-4-13(9-12)18(19,20)21/h5-8,12-13,15H,2-4,9-10H2,1H3,(H,22,25)(H,23,24). The molecule has 2 rings (SSSR count). The van der Waals surface area contributed by atoms with Crippen LogP contribution in [-0.4, -0.2) is 29.4 Å². The van der Waals surface area contributed by atoms with Crippen LogP contribution in [0.3, 0.4) is 0 Å². The number of nitrogens with one attached hydrogen (secondary N) is 1. The summed E-state index contributed by atoms with van der Waals surface area (Å²) in [6.45, 7) is 0. The average molecular weight is 389 g/mol. The first-order chi connectivity index (χ1) is 12.2. The molecule has 1 aliphatic carbocycles. The summed E-state index contributed by atoms with van der Waals surface area (Å²) < 4.78 is 38.8. The molecule has 1 aromatic carbocycles. The summed E-state index contributed by atoms with van der Waals surface area (Å²) in [7, 11) is 0. The lowest BCUT2D eigenvalue weighted by atomic mass is 9.80. The van der Waals surface area contributed by atoms with Gasteiger partial charge < -0.3 is 10.4 Å². The fourth-order valence-corrected chi connectivity index (χ4v) is 3.69. The summed E-state index contributed by atoms with van der Waals surface area (Å²) in [5.41, 5.74) is 0.627. The number of alkyl halides is 3. The molecule has 3 unspecified atom stereocenters. The first-order valence-electron chi connectivity index (χ1n) is 8.43. The highest BCUT2D eigenvalue weighted by Crippen LogP contribution is 2.40. The topological polar surface area (TPSA) is 66.4 Å². The van der Waals surface area contributed by atoms with Gasteiger partial charge in [0.1, 0.15) is 0 Å². The lowest BCUT2D eigenvalue weighted by Crippen LogP contribution is -2.39. The van der Waals surface area contributed by atoms with E-state index in [-0.39, 0.29) is 19.3 Å². The van der Waals surface area contributed by atoms with Crippen LogP contribution in [0.25, 0.3) is 0 Å². The molecule has 1 fully saturated rings. The van der Waals surface area contributed by atoms with Crippen molar-refractivity contribution in [2.24, 2.45) is 11.8 Å². The number of carbonyl (C=O) groups excluding carboxylic acids is 1. The quantitative estimate of drug-likeness (QED) is 0.708. The van der Waals surface area contributed by atoms with Crippen LogP contribution >= 0.6 is 11.8 Å². The number of carbonyl (C=O) groups is 2. The Morgan fingerprint density at radius 3 is 2.46 bits per heavy atom. The second kappa shape index (κ2) is 8.79. The van der Waals surface area contributed by atoms with Crippen LogP contribution < -0.4 is 5.32 Å². The molecular formula is C18H22F3NO3S. The fraction of sp³-hybridized carbons (Fsp3) is 0.556. The van der Waals surface area contributed by atoms with Crippen molar-refractivity contribution in [2.75, 3.05) is 6.26 Å². The van der Waals surface area contributed by atoms with Crippen LogP contribution in [0.2, 0.25) is 0 Å². The third-order valence-electron chi connectivity index (χ3n) is 4.72. The molecule has 0 aliphatic heterocycles. The molecule has 26 heavy (non-hydrogen) atoms. The number of carboxylic acid groups (broad SMARTS) is 1. The van der Waals surface area contributed by atoms with Crippen LogP contribution in [0.15, 0.2) is 29.2 Å². The van der Waals surface area contributed by atoms with E-state index < -0.39 is 35.9 Å². The van der Waals surface area contributed by atoms with Gasteiger partial charge in [-0.25, -0.2) is 0 Å². The van der Waals surface area contributed by atoms with Crippen LogP contribution in [0.4, 0.5) is 13.2 Å². The molecule has 0 heterocycles. The first-order valence-corrected chi connectivity index (χ1v) is 9.66. The second-order valence-electron chi connectivity index (χ2n) is 6.53. The molecule has 2 N–H and O–H groups in total. The van der Waals surface area contributed by atoms with Crippen molar-refractivity contribution in [1.82, 2.24) is 5.32 Å². The maximum absolute atomic E-state index is 12.9.